The van der Waals surface area contributed by atoms with Gasteiger partial charge < -0.3 is 10.2 Å². The largest absolute Gasteiger partial charge is 0.396 e. The van der Waals surface area contributed by atoms with Crippen molar-refractivity contribution in [2.24, 2.45) is 0 Å². The molecule has 4 nitrogen and oxygen atoms in total. The molecule has 2 N–H and O–H groups in total. The highest BCUT2D eigenvalue weighted by molar-refractivity contribution is 5.96. The zero-order chi connectivity index (χ0) is 29.3. The molecule has 0 spiro atoms. The predicted molar refractivity (Wildman–Crippen MR) is 170 cm³/mol. The molecular weight excluding hydrogens is 496 g/mol. The standard InChI is InChI=1S/2C18H32O2/c2*1-16-17(13-11-14-18(16)20)12-9-7-5-3-2-4-6-8-10-15-19/h2*19H,2-15H2,1H3. The number of hydrogen-bond donors (Lipinski definition) is 2. The monoisotopic (exact) mass is 560 g/mol. The van der Waals surface area contributed by atoms with Gasteiger partial charge in [0.15, 0.2) is 11.6 Å². The van der Waals surface area contributed by atoms with Gasteiger partial charge in [0.25, 0.3) is 0 Å². The van der Waals surface area contributed by atoms with E-state index in [1.54, 1.807) is 0 Å². The molecule has 40 heavy (non-hydrogen) atoms. The summed E-state index contributed by atoms with van der Waals surface area (Å²) in [5.74, 6) is 0.767. The lowest BCUT2D eigenvalue weighted by Crippen LogP contribution is -2.09. The summed E-state index contributed by atoms with van der Waals surface area (Å²) < 4.78 is 0. The minimum absolute atomic E-state index is 0.345. The average Bonchev–Trinajstić information content (AvgIpc) is 2.95. The molecule has 0 aromatic carbocycles. The molecule has 2 aliphatic carbocycles. The van der Waals surface area contributed by atoms with Crippen molar-refractivity contribution >= 4 is 11.6 Å². The van der Waals surface area contributed by atoms with Crippen LogP contribution in [-0.2, 0) is 9.59 Å². The van der Waals surface area contributed by atoms with E-state index in [0.29, 0.717) is 24.8 Å². The third-order valence-electron chi connectivity index (χ3n) is 8.94. The maximum Gasteiger partial charge on any atom is 0.158 e. The molecule has 2 aliphatic rings. The van der Waals surface area contributed by atoms with Crippen LogP contribution in [0, 0.1) is 0 Å². The minimum Gasteiger partial charge on any atom is -0.396 e. The maximum atomic E-state index is 11.6. The van der Waals surface area contributed by atoms with Crippen molar-refractivity contribution in [3.8, 4) is 0 Å². The number of Topliss-reactive ketones (excluding diaryl/α,β-unsaturated/α-hetero) is 2. The lowest BCUT2D eigenvalue weighted by Gasteiger charge is -2.16. The van der Waals surface area contributed by atoms with Crippen LogP contribution >= 0.6 is 0 Å². The molecule has 0 amide bonds. The first-order valence-corrected chi connectivity index (χ1v) is 17.2. The van der Waals surface area contributed by atoms with Gasteiger partial charge in [0, 0.05) is 26.1 Å². The van der Waals surface area contributed by atoms with E-state index in [2.05, 4.69) is 0 Å². The number of aliphatic hydroxyl groups is 2. The molecule has 0 heterocycles. The van der Waals surface area contributed by atoms with Crippen LogP contribution in [0.4, 0.5) is 0 Å². The van der Waals surface area contributed by atoms with Gasteiger partial charge in [-0.1, -0.05) is 101 Å². The number of aliphatic hydroxyl groups excluding tert-OH is 2. The molecular formula is C36H64O4. The molecule has 0 fully saturated rings. The average molecular weight is 561 g/mol. The highest BCUT2D eigenvalue weighted by Gasteiger charge is 2.16. The summed E-state index contributed by atoms with van der Waals surface area (Å²) in [5.41, 5.74) is 5.01. The number of carbonyl (C=O) groups is 2. The minimum atomic E-state index is 0.345. The fourth-order valence-corrected chi connectivity index (χ4v) is 6.07. The van der Waals surface area contributed by atoms with Crippen LogP contribution in [0.2, 0.25) is 0 Å². The van der Waals surface area contributed by atoms with E-state index < -0.39 is 0 Å². The normalized spacial score (nSPS) is 16.0. The number of hydrogen-bond acceptors (Lipinski definition) is 4. The van der Waals surface area contributed by atoms with Gasteiger partial charge in [0.1, 0.15) is 0 Å². The number of rotatable bonds is 22. The molecule has 0 aromatic rings. The summed E-state index contributed by atoms with van der Waals surface area (Å²) >= 11 is 0. The second-order valence-corrected chi connectivity index (χ2v) is 12.3. The van der Waals surface area contributed by atoms with E-state index >= 15 is 0 Å². The van der Waals surface area contributed by atoms with Crippen molar-refractivity contribution in [2.45, 2.75) is 181 Å². The highest BCUT2D eigenvalue weighted by atomic mass is 16.3. The summed E-state index contributed by atoms with van der Waals surface area (Å²) in [7, 11) is 0. The summed E-state index contributed by atoms with van der Waals surface area (Å²) in [4.78, 5) is 23.2. The number of allylic oxidation sites excluding steroid dienone is 4. The van der Waals surface area contributed by atoms with Crippen LogP contribution in [0.15, 0.2) is 22.3 Å². The fourth-order valence-electron chi connectivity index (χ4n) is 6.07. The van der Waals surface area contributed by atoms with E-state index in [1.165, 1.54) is 114 Å². The Balaban J connectivity index is 0.000000400. The smallest absolute Gasteiger partial charge is 0.158 e. The van der Waals surface area contributed by atoms with Crippen LogP contribution in [0.3, 0.4) is 0 Å². The van der Waals surface area contributed by atoms with Gasteiger partial charge in [-0.15, -0.1) is 0 Å². The van der Waals surface area contributed by atoms with Crippen LogP contribution in [0.5, 0.6) is 0 Å². The Morgan fingerprint density at radius 1 is 0.425 bits per heavy atom. The van der Waals surface area contributed by atoms with Crippen molar-refractivity contribution in [1.82, 2.24) is 0 Å². The molecule has 2 rings (SSSR count). The summed E-state index contributed by atoms with van der Waals surface area (Å²) in [6.07, 6.45) is 30.9. The molecule has 0 radical (unpaired) electrons. The van der Waals surface area contributed by atoms with Crippen LogP contribution < -0.4 is 0 Å². The molecule has 0 atom stereocenters. The fraction of sp³-hybridized carbons (Fsp3) is 0.833. The van der Waals surface area contributed by atoms with Crippen LogP contribution in [0.25, 0.3) is 0 Å². The Bertz CT molecular complexity index is 671. The van der Waals surface area contributed by atoms with E-state index in [0.717, 1.165) is 75.4 Å². The second kappa shape index (κ2) is 25.5. The zero-order valence-corrected chi connectivity index (χ0v) is 26.5. The van der Waals surface area contributed by atoms with Gasteiger partial charge in [0.05, 0.1) is 0 Å². The molecule has 0 aliphatic heterocycles. The van der Waals surface area contributed by atoms with E-state index in [9.17, 15) is 9.59 Å². The van der Waals surface area contributed by atoms with E-state index in [1.807, 2.05) is 13.8 Å². The van der Waals surface area contributed by atoms with E-state index in [4.69, 9.17) is 10.2 Å². The lowest BCUT2D eigenvalue weighted by atomic mass is 9.88. The van der Waals surface area contributed by atoms with Gasteiger partial charge in [-0.25, -0.2) is 0 Å². The summed E-state index contributed by atoms with van der Waals surface area (Å²) in [6, 6.07) is 0. The maximum absolute atomic E-state index is 11.6. The first-order valence-electron chi connectivity index (χ1n) is 17.2. The summed E-state index contributed by atoms with van der Waals surface area (Å²) in [6.45, 7) is 4.72. The molecule has 0 bridgehead atoms. The molecule has 0 aromatic heterocycles. The second-order valence-electron chi connectivity index (χ2n) is 12.3. The van der Waals surface area contributed by atoms with Gasteiger partial charge in [-0.3, -0.25) is 9.59 Å². The lowest BCUT2D eigenvalue weighted by molar-refractivity contribution is -0.116. The van der Waals surface area contributed by atoms with Crippen molar-refractivity contribution in [3.05, 3.63) is 22.3 Å². The molecule has 0 unspecified atom stereocenters. The Labute approximate surface area is 247 Å². The number of ketones is 2. The third-order valence-corrected chi connectivity index (χ3v) is 8.94. The first kappa shape index (κ1) is 36.8. The number of unbranched alkanes of at least 4 members (excludes halogenated alkanes) is 16. The van der Waals surface area contributed by atoms with Crippen molar-refractivity contribution < 1.29 is 19.8 Å². The Morgan fingerprint density at radius 3 is 1.00 bits per heavy atom. The first-order chi connectivity index (χ1) is 19.5. The Hall–Kier alpha value is -1.26. The number of carbonyl (C=O) groups excluding carboxylic acids is 2. The van der Waals surface area contributed by atoms with Crippen LogP contribution in [0.1, 0.15) is 181 Å². The third kappa shape index (κ3) is 18.2. The van der Waals surface area contributed by atoms with Gasteiger partial charge >= 0.3 is 0 Å². The van der Waals surface area contributed by atoms with Crippen molar-refractivity contribution in [3.63, 3.8) is 0 Å². The van der Waals surface area contributed by atoms with E-state index in [-0.39, 0.29) is 0 Å². The molecule has 0 saturated heterocycles. The summed E-state index contributed by atoms with van der Waals surface area (Å²) in [5, 5.41) is 17.4. The highest BCUT2D eigenvalue weighted by Crippen LogP contribution is 2.27. The zero-order valence-electron chi connectivity index (χ0n) is 26.5. The van der Waals surface area contributed by atoms with Crippen molar-refractivity contribution in [1.29, 1.82) is 0 Å². The quantitative estimate of drug-likeness (QED) is 0.129. The van der Waals surface area contributed by atoms with Crippen LogP contribution in [-0.4, -0.2) is 35.0 Å². The topological polar surface area (TPSA) is 74.6 Å². The van der Waals surface area contributed by atoms with Gasteiger partial charge in [-0.2, -0.15) is 0 Å². The molecule has 4 heteroatoms. The molecule has 0 saturated carbocycles. The van der Waals surface area contributed by atoms with Crippen molar-refractivity contribution in [2.75, 3.05) is 13.2 Å². The van der Waals surface area contributed by atoms with Gasteiger partial charge in [0.2, 0.25) is 0 Å². The van der Waals surface area contributed by atoms with Gasteiger partial charge in [-0.05, 0) is 89.2 Å². The molecule has 232 valence electrons. The SMILES string of the molecule is CC1=C(CCCCCCCCCCCO)CCCC1=O.CC1=C(CCCCCCCCCCCO)CCCC1=O. The Morgan fingerprint density at radius 2 is 0.700 bits per heavy atom. The Kier molecular flexibility index (Phi) is 23.4. The predicted octanol–water partition coefficient (Wildman–Crippen LogP) is 9.90.